The van der Waals surface area contributed by atoms with Gasteiger partial charge in [0.25, 0.3) is 0 Å². The highest BCUT2D eigenvalue weighted by Gasteiger charge is 2.23. The fourth-order valence-electron chi connectivity index (χ4n) is 2.59. The van der Waals surface area contributed by atoms with Gasteiger partial charge in [-0.05, 0) is 19.1 Å². The number of ether oxygens (including phenoxy) is 2. The van der Waals surface area contributed by atoms with Crippen LogP contribution in [0.3, 0.4) is 0 Å². The van der Waals surface area contributed by atoms with E-state index in [4.69, 9.17) is 9.47 Å². The Labute approximate surface area is 188 Å². The molecule has 160 valence electrons. The summed E-state index contributed by atoms with van der Waals surface area (Å²) in [5.74, 6) is 3.52. The number of nitrogens with zero attached hydrogens (tertiary/aromatic N) is 2. The number of methoxy groups -OCH3 is 1. The van der Waals surface area contributed by atoms with E-state index in [1.165, 1.54) is 0 Å². The molecule has 1 heterocycles. The maximum Gasteiger partial charge on any atom is 0.215 e. The fourth-order valence-corrected chi connectivity index (χ4v) is 5.08. The normalized spacial score (nSPS) is 15.5. The molecule has 0 saturated carbocycles. The maximum atomic E-state index is 12.4. The molecule has 0 bridgehead atoms. The maximum absolute atomic E-state index is 12.4. The van der Waals surface area contributed by atoms with Crippen molar-refractivity contribution in [3.05, 3.63) is 18.2 Å². The number of halogens is 1. The number of hydrogen-bond acceptors (Lipinski definition) is 6. The van der Waals surface area contributed by atoms with Crippen LogP contribution in [0.1, 0.15) is 6.92 Å². The Balaban J connectivity index is 0.00000392. The second-order valence-electron chi connectivity index (χ2n) is 5.75. The topological polar surface area (TPSA) is 92.3 Å². The molecule has 0 unspecified atom stereocenters. The largest absolute Gasteiger partial charge is 0.493 e. The molecule has 28 heavy (non-hydrogen) atoms. The molecule has 1 aliphatic rings. The van der Waals surface area contributed by atoms with E-state index in [0.717, 1.165) is 17.2 Å². The fraction of sp³-hybridized carbons (Fsp3) is 0.588. The van der Waals surface area contributed by atoms with Crippen molar-refractivity contribution in [1.82, 2.24) is 9.62 Å². The van der Waals surface area contributed by atoms with E-state index in [9.17, 15) is 8.42 Å². The molecular weight excluding hydrogens is 515 g/mol. The molecule has 1 aliphatic heterocycles. The molecule has 1 fully saturated rings. The molecule has 1 aromatic carbocycles. The van der Waals surface area contributed by atoms with Crippen molar-refractivity contribution in [2.75, 3.05) is 63.0 Å². The minimum atomic E-state index is -3.24. The van der Waals surface area contributed by atoms with Gasteiger partial charge >= 0.3 is 0 Å². The molecule has 8 nitrogen and oxygen atoms in total. The van der Waals surface area contributed by atoms with Crippen LogP contribution in [0.15, 0.2) is 23.2 Å². The van der Waals surface area contributed by atoms with Crippen molar-refractivity contribution in [3.63, 3.8) is 0 Å². The van der Waals surface area contributed by atoms with Gasteiger partial charge in [-0.25, -0.2) is 12.7 Å². The number of sulfonamides is 1. The summed E-state index contributed by atoms with van der Waals surface area (Å²) < 4.78 is 37.2. The van der Waals surface area contributed by atoms with Gasteiger partial charge in [0, 0.05) is 49.9 Å². The number of guanidine groups is 1. The van der Waals surface area contributed by atoms with Gasteiger partial charge in [0.15, 0.2) is 17.5 Å². The summed E-state index contributed by atoms with van der Waals surface area (Å²) in [5.41, 5.74) is 0.763. The quantitative estimate of drug-likeness (QED) is 0.294. The van der Waals surface area contributed by atoms with Crippen LogP contribution in [0.4, 0.5) is 5.69 Å². The van der Waals surface area contributed by atoms with Crippen LogP contribution >= 0.6 is 35.7 Å². The summed E-state index contributed by atoms with van der Waals surface area (Å²) in [7, 11) is -0.0261. The summed E-state index contributed by atoms with van der Waals surface area (Å²) >= 11 is 1.79. The van der Waals surface area contributed by atoms with Gasteiger partial charge in [-0.15, -0.1) is 24.0 Å². The lowest BCUT2D eigenvalue weighted by Crippen LogP contribution is -2.42. The first-order valence-corrected chi connectivity index (χ1v) is 11.6. The molecule has 0 radical (unpaired) electrons. The van der Waals surface area contributed by atoms with E-state index >= 15 is 0 Å². The van der Waals surface area contributed by atoms with Crippen molar-refractivity contribution >= 4 is 57.4 Å². The molecule has 0 amide bonds. The first kappa shape index (κ1) is 25.1. The van der Waals surface area contributed by atoms with Crippen molar-refractivity contribution < 1.29 is 17.9 Å². The van der Waals surface area contributed by atoms with Crippen LogP contribution in [-0.4, -0.2) is 76.3 Å². The zero-order chi connectivity index (χ0) is 19.7. The lowest BCUT2D eigenvalue weighted by Gasteiger charge is -2.25. The number of aliphatic imine (C=N–C) groups is 1. The number of nitrogens with one attached hydrogen (secondary N) is 2. The Hall–Kier alpha value is -0.920. The Morgan fingerprint density at radius 1 is 1.29 bits per heavy atom. The van der Waals surface area contributed by atoms with E-state index in [1.54, 1.807) is 36.3 Å². The van der Waals surface area contributed by atoms with E-state index in [0.29, 0.717) is 37.2 Å². The van der Waals surface area contributed by atoms with E-state index < -0.39 is 10.0 Å². The SMILES string of the molecule is CCOc1ccc(NC(=NC)NCCS(=O)(=O)N2CCSCC2)cc1OC.I. The predicted molar refractivity (Wildman–Crippen MR) is 127 cm³/mol. The van der Waals surface area contributed by atoms with Crippen molar-refractivity contribution in [2.24, 2.45) is 4.99 Å². The molecule has 0 aromatic heterocycles. The van der Waals surface area contributed by atoms with Crippen LogP contribution in [-0.2, 0) is 10.0 Å². The molecule has 11 heteroatoms. The van der Waals surface area contributed by atoms with Gasteiger partial charge in [-0.2, -0.15) is 11.8 Å². The average molecular weight is 544 g/mol. The number of benzene rings is 1. The van der Waals surface area contributed by atoms with Gasteiger partial charge in [-0.3, -0.25) is 4.99 Å². The Morgan fingerprint density at radius 2 is 2.00 bits per heavy atom. The van der Waals surface area contributed by atoms with E-state index in [1.807, 2.05) is 19.1 Å². The number of anilines is 1. The standard InChI is InChI=1S/C17H28N4O4S2.HI/c1-4-25-15-6-5-14(13-16(15)24-3)20-17(18-2)19-7-12-27(22,23)21-8-10-26-11-9-21;/h5-6,13H,4,7-12H2,1-3H3,(H2,18,19,20);1H. The minimum Gasteiger partial charge on any atom is -0.493 e. The predicted octanol–water partition coefficient (Wildman–Crippen LogP) is 2.08. The number of hydrogen-bond donors (Lipinski definition) is 2. The van der Waals surface area contributed by atoms with E-state index in [2.05, 4.69) is 15.6 Å². The molecule has 1 aromatic rings. The summed E-state index contributed by atoms with van der Waals surface area (Å²) in [6.45, 7) is 3.92. The average Bonchev–Trinajstić information content (AvgIpc) is 2.69. The minimum absolute atomic E-state index is 0. The number of rotatable bonds is 8. The van der Waals surface area contributed by atoms with Gasteiger partial charge in [-0.1, -0.05) is 0 Å². The second-order valence-corrected chi connectivity index (χ2v) is 9.06. The van der Waals surface area contributed by atoms with Gasteiger partial charge in [0.2, 0.25) is 10.0 Å². The Bertz CT molecular complexity index is 741. The van der Waals surface area contributed by atoms with Crippen molar-refractivity contribution in [3.8, 4) is 11.5 Å². The van der Waals surface area contributed by atoms with Gasteiger partial charge < -0.3 is 20.1 Å². The van der Waals surface area contributed by atoms with Gasteiger partial charge in [0.1, 0.15) is 0 Å². The number of thioether (sulfide) groups is 1. The molecule has 2 rings (SSSR count). The molecule has 0 atom stereocenters. The zero-order valence-corrected chi connectivity index (χ0v) is 20.4. The highest BCUT2D eigenvalue weighted by atomic mass is 127. The van der Waals surface area contributed by atoms with Crippen molar-refractivity contribution in [1.29, 1.82) is 0 Å². The Morgan fingerprint density at radius 3 is 2.61 bits per heavy atom. The van der Waals surface area contributed by atoms with Crippen LogP contribution in [0.2, 0.25) is 0 Å². The second kappa shape index (κ2) is 12.6. The lowest BCUT2D eigenvalue weighted by atomic mass is 10.2. The Kier molecular flexibility index (Phi) is 11.3. The first-order chi connectivity index (χ1) is 13.0. The lowest BCUT2D eigenvalue weighted by molar-refractivity contribution is 0.311. The molecule has 0 aliphatic carbocycles. The van der Waals surface area contributed by atoms with Crippen LogP contribution in [0.25, 0.3) is 0 Å². The molecule has 1 saturated heterocycles. The smallest absolute Gasteiger partial charge is 0.215 e. The van der Waals surface area contributed by atoms with Crippen molar-refractivity contribution in [2.45, 2.75) is 6.92 Å². The monoisotopic (exact) mass is 544 g/mol. The van der Waals surface area contributed by atoms with Crippen LogP contribution < -0.4 is 20.1 Å². The third-order valence-corrected chi connectivity index (χ3v) is 6.78. The summed E-state index contributed by atoms with van der Waals surface area (Å²) in [6.07, 6.45) is 0. The van der Waals surface area contributed by atoms with Crippen LogP contribution in [0, 0.1) is 0 Å². The zero-order valence-electron chi connectivity index (χ0n) is 16.4. The molecule has 0 spiro atoms. The third kappa shape index (κ3) is 7.48. The highest BCUT2D eigenvalue weighted by Crippen LogP contribution is 2.30. The van der Waals surface area contributed by atoms with Gasteiger partial charge in [0.05, 0.1) is 19.5 Å². The van der Waals surface area contributed by atoms with Crippen LogP contribution in [0.5, 0.6) is 11.5 Å². The third-order valence-electron chi connectivity index (χ3n) is 3.97. The summed E-state index contributed by atoms with van der Waals surface area (Å²) in [4.78, 5) is 4.14. The van der Waals surface area contributed by atoms with E-state index in [-0.39, 0.29) is 36.3 Å². The molecule has 2 N–H and O–H groups in total. The first-order valence-electron chi connectivity index (χ1n) is 8.84. The summed E-state index contributed by atoms with van der Waals surface area (Å²) in [6, 6.07) is 5.47. The highest BCUT2D eigenvalue weighted by molar-refractivity contribution is 14.0. The summed E-state index contributed by atoms with van der Waals surface area (Å²) in [5, 5.41) is 6.18. The molecular formula is C17H29IN4O4S2.